The zero-order chi connectivity index (χ0) is 15.4. The number of carbonyl (C=O) groups excluding carboxylic acids is 1. The Labute approximate surface area is 131 Å². The van der Waals surface area contributed by atoms with E-state index in [0.29, 0.717) is 11.7 Å². The van der Waals surface area contributed by atoms with Gasteiger partial charge in [-0.3, -0.25) is 4.79 Å². The van der Waals surface area contributed by atoms with Crippen LogP contribution >= 0.6 is 0 Å². The Morgan fingerprint density at radius 2 is 1.71 bits per heavy atom. The summed E-state index contributed by atoms with van der Waals surface area (Å²) < 4.78 is 0. The second kappa shape index (κ2) is 7.76. The highest BCUT2D eigenvalue weighted by Gasteiger charge is 2.32. The van der Waals surface area contributed by atoms with Crippen LogP contribution in [0.5, 0.6) is 0 Å². The fourth-order valence-corrected chi connectivity index (χ4v) is 4.27. The number of rotatable bonds is 4. The summed E-state index contributed by atoms with van der Waals surface area (Å²) in [4.78, 5) is 14.9. The maximum Gasteiger partial charge on any atom is 0.137 e. The maximum atomic E-state index is 12.3. The van der Waals surface area contributed by atoms with Gasteiger partial charge in [0.15, 0.2) is 0 Å². The molecular weight excluding hydrogens is 258 g/mol. The van der Waals surface area contributed by atoms with Gasteiger partial charge in [0.2, 0.25) is 0 Å². The molecule has 2 nitrogen and oxygen atoms in total. The molecular formula is C19H35NO. The minimum atomic E-state index is 0.321. The monoisotopic (exact) mass is 293 g/mol. The summed E-state index contributed by atoms with van der Waals surface area (Å²) in [5.74, 6) is 4.06. The van der Waals surface area contributed by atoms with E-state index in [1.807, 2.05) is 0 Å². The Balaban J connectivity index is 1.86. The van der Waals surface area contributed by atoms with Crippen molar-refractivity contribution in [1.82, 2.24) is 4.90 Å². The van der Waals surface area contributed by atoms with Gasteiger partial charge in [-0.1, -0.05) is 27.7 Å². The van der Waals surface area contributed by atoms with Gasteiger partial charge in [0.25, 0.3) is 0 Å². The predicted molar refractivity (Wildman–Crippen MR) is 89.3 cm³/mol. The molecule has 0 aromatic heterocycles. The Morgan fingerprint density at radius 3 is 2.38 bits per heavy atom. The quantitative estimate of drug-likeness (QED) is 0.766. The molecule has 3 unspecified atom stereocenters. The van der Waals surface area contributed by atoms with Crippen molar-refractivity contribution in [3.8, 4) is 0 Å². The van der Waals surface area contributed by atoms with Gasteiger partial charge >= 0.3 is 0 Å². The van der Waals surface area contributed by atoms with E-state index < -0.39 is 0 Å². The predicted octanol–water partition coefficient (Wildman–Crippen LogP) is 4.39. The standard InChI is InChI=1S/C19H35NO/c1-14(2)16-6-5-10-20(11-9-16)13-18-12-17(15(3)4)7-8-19(18)21/h14-18H,5-13H2,1-4H3. The van der Waals surface area contributed by atoms with Crippen LogP contribution in [0.1, 0.15) is 66.2 Å². The van der Waals surface area contributed by atoms with Gasteiger partial charge in [0.1, 0.15) is 5.78 Å². The number of Topliss-reactive ketones (excluding diaryl/α,β-unsaturated/α-hetero) is 1. The molecule has 21 heavy (non-hydrogen) atoms. The largest absolute Gasteiger partial charge is 0.303 e. The van der Waals surface area contributed by atoms with Crippen molar-refractivity contribution >= 4 is 5.78 Å². The number of hydrogen-bond donors (Lipinski definition) is 0. The third kappa shape index (κ3) is 4.81. The molecule has 1 aliphatic heterocycles. The SMILES string of the molecule is CC(C)C1CCCN(CC2CC(C(C)C)CCC2=O)CC1. The average molecular weight is 293 g/mol. The van der Waals surface area contributed by atoms with Crippen molar-refractivity contribution in [3.05, 3.63) is 0 Å². The fourth-order valence-electron chi connectivity index (χ4n) is 4.27. The lowest BCUT2D eigenvalue weighted by Gasteiger charge is -2.33. The number of likely N-dealkylation sites (tertiary alicyclic amines) is 1. The van der Waals surface area contributed by atoms with Gasteiger partial charge in [-0.15, -0.1) is 0 Å². The van der Waals surface area contributed by atoms with Crippen LogP contribution < -0.4 is 0 Å². The molecule has 0 amide bonds. The molecule has 1 saturated carbocycles. The molecule has 0 aromatic rings. The summed E-state index contributed by atoms with van der Waals surface area (Å²) >= 11 is 0. The van der Waals surface area contributed by atoms with Crippen LogP contribution in [0, 0.1) is 29.6 Å². The van der Waals surface area contributed by atoms with Gasteiger partial charge in [0.05, 0.1) is 0 Å². The Kier molecular flexibility index (Phi) is 6.28. The van der Waals surface area contributed by atoms with Crippen molar-refractivity contribution in [2.45, 2.75) is 66.2 Å². The molecule has 0 bridgehead atoms. The van der Waals surface area contributed by atoms with E-state index in [1.54, 1.807) is 0 Å². The zero-order valence-electron chi connectivity index (χ0n) is 14.6. The Morgan fingerprint density at radius 1 is 1.00 bits per heavy atom. The summed E-state index contributed by atoms with van der Waals surface area (Å²) in [6.07, 6.45) is 7.12. The zero-order valence-corrected chi connectivity index (χ0v) is 14.6. The van der Waals surface area contributed by atoms with E-state index in [0.717, 1.165) is 49.5 Å². The summed E-state index contributed by atoms with van der Waals surface area (Å²) in [5.41, 5.74) is 0. The van der Waals surface area contributed by atoms with E-state index in [9.17, 15) is 4.79 Å². The second-order valence-corrected chi connectivity index (χ2v) is 8.18. The van der Waals surface area contributed by atoms with Crippen molar-refractivity contribution in [2.24, 2.45) is 29.6 Å². The fraction of sp³-hybridized carbons (Fsp3) is 0.947. The molecule has 0 spiro atoms. The number of carbonyl (C=O) groups is 1. The third-order valence-electron chi connectivity index (χ3n) is 6.03. The highest BCUT2D eigenvalue weighted by atomic mass is 16.1. The van der Waals surface area contributed by atoms with Gasteiger partial charge in [-0.2, -0.15) is 0 Å². The van der Waals surface area contributed by atoms with Crippen molar-refractivity contribution in [1.29, 1.82) is 0 Å². The Hall–Kier alpha value is -0.370. The lowest BCUT2D eigenvalue weighted by Crippen LogP contribution is -2.38. The smallest absolute Gasteiger partial charge is 0.137 e. The molecule has 2 aliphatic rings. The highest BCUT2D eigenvalue weighted by Crippen LogP contribution is 2.33. The van der Waals surface area contributed by atoms with Crippen molar-refractivity contribution in [3.63, 3.8) is 0 Å². The first-order chi connectivity index (χ1) is 9.97. The molecule has 0 radical (unpaired) electrons. The molecule has 0 N–H and O–H groups in total. The summed E-state index contributed by atoms with van der Waals surface area (Å²) in [7, 11) is 0. The average Bonchev–Trinajstić information content (AvgIpc) is 2.66. The van der Waals surface area contributed by atoms with E-state index >= 15 is 0 Å². The molecule has 3 atom stereocenters. The topological polar surface area (TPSA) is 20.3 Å². The van der Waals surface area contributed by atoms with Crippen LogP contribution in [0.4, 0.5) is 0 Å². The molecule has 1 aliphatic carbocycles. The molecule has 1 heterocycles. The lowest BCUT2D eigenvalue weighted by atomic mass is 9.75. The Bertz CT molecular complexity index is 336. The first-order valence-corrected chi connectivity index (χ1v) is 9.22. The van der Waals surface area contributed by atoms with Crippen LogP contribution in [-0.2, 0) is 4.79 Å². The van der Waals surface area contributed by atoms with Gasteiger partial charge < -0.3 is 4.90 Å². The first-order valence-electron chi connectivity index (χ1n) is 9.22. The van der Waals surface area contributed by atoms with Crippen LogP contribution in [-0.4, -0.2) is 30.3 Å². The normalized spacial score (nSPS) is 32.7. The molecule has 0 aromatic carbocycles. The summed E-state index contributed by atoms with van der Waals surface area (Å²) in [5, 5.41) is 0. The van der Waals surface area contributed by atoms with Gasteiger partial charge in [0, 0.05) is 18.9 Å². The number of hydrogen-bond acceptors (Lipinski definition) is 2. The van der Waals surface area contributed by atoms with Gasteiger partial charge in [-0.05, 0) is 68.9 Å². The van der Waals surface area contributed by atoms with Crippen molar-refractivity contribution < 1.29 is 4.79 Å². The van der Waals surface area contributed by atoms with E-state index in [4.69, 9.17) is 0 Å². The van der Waals surface area contributed by atoms with Crippen LogP contribution in [0.3, 0.4) is 0 Å². The van der Waals surface area contributed by atoms with Crippen molar-refractivity contribution in [2.75, 3.05) is 19.6 Å². The molecule has 2 rings (SSSR count). The van der Waals surface area contributed by atoms with Crippen LogP contribution in [0.15, 0.2) is 0 Å². The first kappa shape index (κ1) is 17.0. The highest BCUT2D eigenvalue weighted by molar-refractivity contribution is 5.82. The number of nitrogens with zero attached hydrogens (tertiary/aromatic N) is 1. The second-order valence-electron chi connectivity index (χ2n) is 8.18. The summed E-state index contributed by atoms with van der Waals surface area (Å²) in [6, 6.07) is 0. The third-order valence-corrected chi connectivity index (χ3v) is 6.03. The van der Waals surface area contributed by atoms with Crippen LogP contribution in [0.25, 0.3) is 0 Å². The molecule has 1 saturated heterocycles. The molecule has 2 fully saturated rings. The lowest BCUT2D eigenvalue weighted by molar-refractivity contribution is -0.126. The minimum absolute atomic E-state index is 0.321. The van der Waals surface area contributed by atoms with E-state index in [1.165, 1.54) is 32.4 Å². The minimum Gasteiger partial charge on any atom is -0.303 e. The van der Waals surface area contributed by atoms with E-state index in [2.05, 4.69) is 32.6 Å². The molecule has 2 heteroatoms. The summed E-state index contributed by atoms with van der Waals surface area (Å²) in [6.45, 7) is 12.8. The number of ketones is 1. The molecule has 122 valence electrons. The van der Waals surface area contributed by atoms with Crippen LogP contribution in [0.2, 0.25) is 0 Å². The van der Waals surface area contributed by atoms with E-state index in [-0.39, 0.29) is 0 Å². The maximum absolute atomic E-state index is 12.3. The van der Waals surface area contributed by atoms with Gasteiger partial charge in [-0.25, -0.2) is 0 Å².